The van der Waals surface area contributed by atoms with Gasteiger partial charge in [-0.2, -0.15) is 7.82 Å². The van der Waals surface area contributed by atoms with Crippen LogP contribution in [0.1, 0.15) is 0 Å². The van der Waals surface area contributed by atoms with Gasteiger partial charge >= 0.3 is 75.4 Å². The van der Waals surface area contributed by atoms with Crippen LogP contribution in [0.25, 0.3) is 0 Å². The Morgan fingerprint density at radius 2 is 0.778 bits per heavy atom. The smallest absolute Gasteiger partial charge is 0.822 e. The van der Waals surface area contributed by atoms with E-state index in [1.54, 1.807) is 0 Å². The summed E-state index contributed by atoms with van der Waals surface area (Å²) in [6.45, 7) is 0. The summed E-state index contributed by atoms with van der Waals surface area (Å²) in [5.74, 6) is 0. The topological polar surface area (TPSA) is 86.2 Å². The zero-order valence-electron chi connectivity index (χ0n) is 6.08. The van der Waals surface area contributed by atoms with Crippen LogP contribution in [-0.2, 0) is 4.57 Å². The summed E-state index contributed by atoms with van der Waals surface area (Å²) >= 11 is 0. The molecule has 0 aliphatic carbocycles. The van der Waals surface area contributed by atoms with Crippen LogP contribution in [-0.4, -0.2) is 0 Å². The summed E-state index contributed by atoms with van der Waals surface area (Å²) in [6, 6.07) is 0. The molecule has 9 heavy (non-hydrogen) atoms. The van der Waals surface area contributed by atoms with E-state index in [-0.39, 0.29) is 75.4 Å². The molecule has 0 aromatic rings. The van der Waals surface area contributed by atoms with E-state index in [0.29, 0.717) is 0 Å². The minimum absolute atomic E-state index is 0. The molecule has 0 saturated carbocycles. The van der Waals surface area contributed by atoms with Gasteiger partial charge in [0, 0.05) is 0 Å². The molecular weight excluding hydrogens is 123 g/mol. The van der Waals surface area contributed by atoms with Crippen molar-refractivity contribution in [1.29, 1.82) is 0 Å². The van der Waals surface area contributed by atoms with Crippen molar-refractivity contribution < 1.29 is 94.7 Å². The fraction of sp³-hybridized carbons (Fsp3) is 0. The van der Waals surface area contributed by atoms with Crippen molar-refractivity contribution in [3.8, 4) is 0 Å². The monoisotopic (exact) mass is 123 g/mol. The molecule has 0 aliphatic rings. The van der Waals surface area contributed by atoms with Gasteiger partial charge in [-0.15, -0.1) is 0 Å². The quantitative estimate of drug-likeness (QED) is 0.236. The maximum atomic E-state index is 8.55. The van der Waals surface area contributed by atoms with Crippen LogP contribution in [0.15, 0.2) is 0 Å². The van der Waals surface area contributed by atoms with Crippen LogP contribution in [0, 0.1) is 0 Å². The molecular formula is Li4O4P+. The second-order valence-electron chi connectivity index (χ2n) is 0.447. The second-order valence-corrected chi connectivity index (χ2v) is 1.34. The van der Waals surface area contributed by atoms with E-state index in [9.17, 15) is 0 Å². The number of rotatable bonds is 0. The van der Waals surface area contributed by atoms with E-state index < -0.39 is 7.82 Å². The van der Waals surface area contributed by atoms with Crippen molar-refractivity contribution in [1.82, 2.24) is 0 Å². The zero-order valence-corrected chi connectivity index (χ0v) is 6.97. The van der Waals surface area contributed by atoms with Crippen molar-refractivity contribution >= 4 is 7.82 Å². The molecule has 0 aliphatic heterocycles. The molecule has 0 radical (unpaired) electrons. The van der Waals surface area contributed by atoms with Gasteiger partial charge in [-0.3, -0.25) is 0 Å². The predicted molar refractivity (Wildman–Crippen MR) is 7.61 cm³/mol. The summed E-state index contributed by atoms with van der Waals surface area (Å²) in [5, 5.41) is 0. The molecule has 0 N–H and O–H groups in total. The van der Waals surface area contributed by atoms with Crippen molar-refractivity contribution in [2.24, 2.45) is 0 Å². The molecule has 0 fully saturated rings. The Hall–Kier alpha value is 2.50. The summed E-state index contributed by atoms with van der Waals surface area (Å²) in [7, 11) is -5.39. The van der Waals surface area contributed by atoms with Crippen LogP contribution >= 0.6 is 7.82 Å². The molecule has 0 atom stereocenters. The van der Waals surface area contributed by atoms with Gasteiger partial charge in [-0.05, 0) is 0 Å². The maximum absolute atomic E-state index is 8.55. The first-order chi connectivity index (χ1) is 2.00. The maximum Gasteiger partial charge on any atom is 1.00 e. The third kappa shape index (κ3) is 121. The number of hydrogen-bond acceptors (Lipinski definition) is 4. The fourth-order valence-corrected chi connectivity index (χ4v) is 0. The molecule has 0 unspecified atom stereocenters. The van der Waals surface area contributed by atoms with Crippen LogP contribution in [0.2, 0.25) is 0 Å². The molecule has 0 heterocycles. The van der Waals surface area contributed by atoms with Gasteiger partial charge in [0.05, 0.1) is 0 Å². The summed E-state index contributed by atoms with van der Waals surface area (Å²) in [4.78, 5) is 25.6. The van der Waals surface area contributed by atoms with E-state index in [1.165, 1.54) is 0 Å². The average Bonchev–Trinajstić information content (AvgIpc) is 0.722. The molecule has 0 aromatic heterocycles. The predicted octanol–water partition coefficient (Wildman–Crippen LogP) is -14.8. The van der Waals surface area contributed by atoms with E-state index in [4.69, 9.17) is 19.2 Å². The molecule has 4 nitrogen and oxygen atoms in total. The number of hydrogen-bond donors (Lipinski definition) is 0. The minimum atomic E-state index is -5.39. The summed E-state index contributed by atoms with van der Waals surface area (Å²) < 4.78 is 8.55. The van der Waals surface area contributed by atoms with E-state index in [0.717, 1.165) is 0 Å². The van der Waals surface area contributed by atoms with Crippen LogP contribution in [0.4, 0.5) is 0 Å². The molecule has 0 bridgehead atoms. The zero-order chi connectivity index (χ0) is 4.50. The Labute approximate surface area is 101 Å². The minimum Gasteiger partial charge on any atom is -0.822 e. The molecule has 0 amide bonds. The molecule has 0 aromatic carbocycles. The Morgan fingerprint density at radius 3 is 0.778 bits per heavy atom. The standard InChI is InChI=1S/4Li.H3O4P/c;;;;1-5(2,3)4/h;;;;(H3,1,2,3,4)/q4*+1;/p-3. The van der Waals surface area contributed by atoms with E-state index >= 15 is 0 Å². The third-order valence-electron chi connectivity index (χ3n) is 0. The molecule has 0 rings (SSSR count). The second kappa shape index (κ2) is 13.1. The molecule has 32 valence electrons. The summed E-state index contributed by atoms with van der Waals surface area (Å²) in [6.07, 6.45) is 0. The van der Waals surface area contributed by atoms with E-state index in [2.05, 4.69) is 0 Å². The number of phosphoric acid groups is 1. The largest absolute Gasteiger partial charge is 1.00 e. The normalized spacial score (nSPS) is 6.56. The van der Waals surface area contributed by atoms with Gasteiger partial charge in [-0.25, -0.2) is 0 Å². The Balaban J connectivity index is -0.0000000133. The van der Waals surface area contributed by atoms with Crippen LogP contribution in [0.3, 0.4) is 0 Å². The van der Waals surface area contributed by atoms with Crippen LogP contribution < -0.4 is 90.1 Å². The Bertz CT molecular complexity index is 58.7. The average molecular weight is 123 g/mol. The molecule has 0 spiro atoms. The Kier molecular flexibility index (Phi) is 43.7. The first-order valence-corrected chi connectivity index (χ1v) is 2.19. The van der Waals surface area contributed by atoms with Gasteiger partial charge in [0.15, 0.2) is 0 Å². The van der Waals surface area contributed by atoms with Crippen molar-refractivity contribution in [2.75, 3.05) is 0 Å². The fourth-order valence-electron chi connectivity index (χ4n) is 0. The van der Waals surface area contributed by atoms with Crippen LogP contribution in [0.5, 0.6) is 0 Å². The van der Waals surface area contributed by atoms with Gasteiger partial charge in [0.2, 0.25) is 0 Å². The Morgan fingerprint density at radius 1 is 0.778 bits per heavy atom. The molecule has 0 saturated heterocycles. The van der Waals surface area contributed by atoms with Gasteiger partial charge in [0.1, 0.15) is 0 Å². The van der Waals surface area contributed by atoms with Gasteiger partial charge < -0.3 is 19.2 Å². The van der Waals surface area contributed by atoms with E-state index in [1.807, 2.05) is 0 Å². The van der Waals surface area contributed by atoms with Gasteiger partial charge in [0.25, 0.3) is 0 Å². The first kappa shape index (κ1) is 30.0. The summed E-state index contributed by atoms with van der Waals surface area (Å²) in [5.41, 5.74) is 0. The van der Waals surface area contributed by atoms with Crippen molar-refractivity contribution in [2.45, 2.75) is 0 Å². The van der Waals surface area contributed by atoms with Gasteiger partial charge in [-0.1, -0.05) is 0 Å². The first-order valence-electron chi connectivity index (χ1n) is 0.730. The third-order valence-corrected chi connectivity index (χ3v) is 0. The molecule has 9 heteroatoms. The van der Waals surface area contributed by atoms with Crippen molar-refractivity contribution in [3.63, 3.8) is 0 Å². The SMILES string of the molecule is O=P([O-])([O-])[O-].[Li+].[Li+].[Li+].[Li+]. The van der Waals surface area contributed by atoms with Crippen molar-refractivity contribution in [3.05, 3.63) is 0 Å².